The average Bonchev–Trinajstić information content (AvgIpc) is 2.69. The molecule has 2 unspecified atom stereocenters. The normalized spacial score (nSPS) is 28.3. The third kappa shape index (κ3) is 3.05. The van der Waals surface area contributed by atoms with Gasteiger partial charge in [-0.3, -0.25) is 9.88 Å². The zero-order valence-electron chi connectivity index (χ0n) is 15.6. The highest BCUT2D eigenvalue weighted by atomic mass is 16.3. The lowest BCUT2D eigenvalue weighted by atomic mass is 9.71. The van der Waals surface area contributed by atoms with E-state index in [-0.39, 0.29) is 0 Å². The minimum absolute atomic E-state index is 0.444. The molecule has 2 bridgehead atoms. The molecule has 3 aromatic rings. The van der Waals surface area contributed by atoms with E-state index in [2.05, 4.69) is 64.5 Å². The number of aliphatic hydroxyl groups is 1. The smallest absolute Gasteiger partial charge is 0.0932 e. The second-order valence-corrected chi connectivity index (χ2v) is 8.24. The van der Waals surface area contributed by atoms with Gasteiger partial charge in [-0.05, 0) is 48.3 Å². The zero-order valence-corrected chi connectivity index (χ0v) is 15.6. The first-order valence-electron chi connectivity index (χ1n) is 10.1. The Morgan fingerprint density at radius 1 is 0.963 bits per heavy atom. The van der Waals surface area contributed by atoms with Gasteiger partial charge in [0.1, 0.15) is 0 Å². The van der Waals surface area contributed by atoms with Crippen LogP contribution in [0.5, 0.6) is 0 Å². The summed E-state index contributed by atoms with van der Waals surface area (Å²) in [5.74, 6) is 0. The van der Waals surface area contributed by atoms with Crippen molar-refractivity contribution in [3.63, 3.8) is 0 Å². The summed E-state index contributed by atoms with van der Waals surface area (Å²) < 4.78 is 0. The number of benzene rings is 2. The molecule has 0 spiro atoms. The van der Waals surface area contributed by atoms with Crippen LogP contribution in [0.25, 0.3) is 10.8 Å². The topological polar surface area (TPSA) is 36.4 Å². The fraction of sp³-hybridized carbons (Fsp3) is 0.375. The van der Waals surface area contributed by atoms with Crippen molar-refractivity contribution in [2.75, 3.05) is 0 Å². The molecule has 2 saturated heterocycles. The molecule has 5 rings (SSSR count). The summed E-state index contributed by atoms with van der Waals surface area (Å²) in [7, 11) is 0. The van der Waals surface area contributed by atoms with Crippen LogP contribution >= 0.6 is 0 Å². The molecule has 2 atom stereocenters. The monoisotopic (exact) mass is 358 g/mol. The number of hydrogen-bond acceptors (Lipinski definition) is 3. The molecule has 2 aromatic carbocycles. The number of pyridine rings is 1. The minimum Gasteiger partial charge on any atom is -0.385 e. The second kappa shape index (κ2) is 6.74. The summed E-state index contributed by atoms with van der Waals surface area (Å²) in [4.78, 5) is 6.90. The summed E-state index contributed by atoms with van der Waals surface area (Å²) in [6.07, 6.45) is 9.00. The summed E-state index contributed by atoms with van der Waals surface area (Å²) in [6.45, 7) is 0.992. The molecule has 0 saturated carbocycles. The van der Waals surface area contributed by atoms with E-state index in [0.717, 1.165) is 35.7 Å². The SMILES string of the molecule is OC1(c2cccc3cnccc23)CC2CCCC(C1)N2Cc1ccccc1. The quantitative estimate of drug-likeness (QED) is 0.741. The molecule has 1 N–H and O–H groups in total. The standard InChI is InChI=1S/C24H26N2O/c27-24(23-11-4-8-19-16-25-13-12-22(19)23)14-20-9-5-10-21(15-24)26(20)17-18-6-2-1-3-7-18/h1-4,6-8,11-13,16,20-21,27H,5,9-10,14-15,17H2. The predicted octanol–water partition coefficient (Wildman–Crippen LogP) is 4.64. The van der Waals surface area contributed by atoms with Gasteiger partial charge in [-0.25, -0.2) is 0 Å². The van der Waals surface area contributed by atoms with E-state index in [1.54, 1.807) is 0 Å². The molecule has 0 radical (unpaired) electrons. The number of rotatable bonds is 3. The van der Waals surface area contributed by atoms with Crippen molar-refractivity contribution in [1.29, 1.82) is 0 Å². The van der Waals surface area contributed by atoms with Crippen LogP contribution in [0.15, 0.2) is 67.0 Å². The van der Waals surface area contributed by atoms with Gasteiger partial charge in [0.25, 0.3) is 0 Å². The van der Waals surface area contributed by atoms with Gasteiger partial charge in [0.05, 0.1) is 5.60 Å². The molecule has 2 aliphatic rings. The van der Waals surface area contributed by atoms with Gasteiger partial charge in [-0.2, -0.15) is 0 Å². The van der Waals surface area contributed by atoms with Crippen LogP contribution in [0.4, 0.5) is 0 Å². The Labute approximate surface area is 160 Å². The predicted molar refractivity (Wildman–Crippen MR) is 108 cm³/mol. The van der Waals surface area contributed by atoms with Gasteiger partial charge in [-0.15, -0.1) is 0 Å². The molecule has 3 heterocycles. The number of piperidine rings is 2. The minimum atomic E-state index is -0.746. The Morgan fingerprint density at radius 3 is 2.52 bits per heavy atom. The first kappa shape index (κ1) is 16.9. The fourth-order valence-corrected chi connectivity index (χ4v) is 5.32. The van der Waals surface area contributed by atoms with Gasteiger partial charge in [0.15, 0.2) is 0 Å². The van der Waals surface area contributed by atoms with Crippen molar-refractivity contribution in [1.82, 2.24) is 9.88 Å². The maximum Gasteiger partial charge on any atom is 0.0932 e. The number of aromatic nitrogens is 1. The second-order valence-electron chi connectivity index (χ2n) is 8.24. The molecule has 0 aliphatic carbocycles. The highest BCUT2D eigenvalue weighted by molar-refractivity contribution is 5.85. The molecule has 0 amide bonds. The third-order valence-corrected chi connectivity index (χ3v) is 6.55. The van der Waals surface area contributed by atoms with E-state index in [0.29, 0.717) is 12.1 Å². The first-order valence-corrected chi connectivity index (χ1v) is 10.1. The lowest BCUT2D eigenvalue weighted by Gasteiger charge is -2.52. The Bertz CT molecular complexity index is 920. The van der Waals surface area contributed by atoms with Crippen LogP contribution in [0, 0.1) is 0 Å². The van der Waals surface area contributed by atoms with Crippen molar-refractivity contribution >= 4 is 10.8 Å². The van der Waals surface area contributed by atoms with Crippen LogP contribution in [0.2, 0.25) is 0 Å². The maximum atomic E-state index is 11.8. The number of hydrogen-bond donors (Lipinski definition) is 1. The molecular formula is C24H26N2O. The molecular weight excluding hydrogens is 332 g/mol. The van der Waals surface area contributed by atoms with E-state index in [9.17, 15) is 5.11 Å². The van der Waals surface area contributed by atoms with E-state index >= 15 is 0 Å². The van der Waals surface area contributed by atoms with Crippen LogP contribution in [0.3, 0.4) is 0 Å². The fourth-order valence-electron chi connectivity index (χ4n) is 5.32. The molecule has 1 aromatic heterocycles. The van der Waals surface area contributed by atoms with Gasteiger partial charge < -0.3 is 5.11 Å². The largest absolute Gasteiger partial charge is 0.385 e. The van der Waals surface area contributed by atoms with E-state index in [1.807, 2.05) is 12.4 Å². The summed E-state index contributed by atoms with van der Waals surface area (Å²) in [5.41, 5.74) is 1.71. The highest BCUT2D eigenvalue weighted by Gasteiger charge is 2.46. The lowest BCUT2D eigenvalue weighted by Crippen LogP contribution is -2.56. The van der Waals surface area contributed by atoms with Crippen LogP contribution in [-0.2, 0) is 12.1 Å². The molecule has 27 heavy (non-hydrogen) atoms. The van der Waals surface area contributed by atoms with Gasteiger partial charge in [0, 0.05) is 36.4 Å². The Morgan fingerprint density at radius 2 is 1.74 bits per heavy atom. The van der Waals surface area contributed by atoms with Gasteiger partial charge >= 0.3 is 0 Å². The highest BCUT2D eigenvalue weighted by Crippen LogP contribution is 2.46. The van der Waals surface area contributed by atoms with E-state index in [4.69, 9.17) is 0 Å². The number of fused-ring (bicyclic) bond motifs is 3. The number of nitrogens with zero attached hydrogens (tertiary/aromatic N) is 2. The third-order valence-electron chi connectivity index (χ3n) is 6.55. The van der Waals surface area contributed by atoms with E-state index < -0.39 is 5.60 Å². The van der Waals surface area contributed by atoms with Crippen LogP contribution in [0.1, 0.15) is 43.2 Å². The summed E-state index contributed by atoms with van der Waals surface area (Å²) >= 11 is 0. The summed E-state index contributed by atoms with van der Waals surface area (Å²) in [6, 6.07) is 19.9. The summed E-state index contributed by atoms with van der Waals surface area (Å²) in [5, 5.41) is 14.0. The van der Waals surface area contributed by atoms with Gasteiger partial charge in [-0.1, -0.05) is 55.0 Å². The molecule has 3 heteroatoms. The first-order chi connectivity index (χ1) is 13.2. The Hall–Kier alpha value is -2.23. The van der Waals surface area contributed by atoms with Gasteiger partial charge in [0.2, 0.25) is 0 Å². The average molecular weight is 358 g/mol. The van der Waals surface area contributed by atoms with Crippen molar-refractivity contribution < 1.29 is 5.11 Å². The van der Waals surface area contributed by atoms with Crippen molar-refractivity contribution in [2.24, 2.45) is 0 Å². The Kier molecular flexibility index (Phi) is 4.22. The molecule has 138 valence electrons. The Balaban J connectivity index is 1.48. The van der Waals surface area contributed by atoms with E-state index in [1.165, 1.54) is 24.8 Å². The molecule has 2 fully saturated rings. The van der Waals surface area contributed by atoms with Crippen molar-refractivity contribution in [3.8, 4) is 0 Å². The lowest BCUT2D eigenvalue weighted by molar-refractivity contribution is -0.0991. The molecule has 2 aliphatic heterocycles. The maximum absolute atomic E-state index is 11.8. The van der Waals surface area contributed by atoms with Crippen molar-refractivity contribution in [3.05, 3.63) is 78.1 Å². The van der Waals surface area contributed by atoms with Crippen LogP contribution < -0.4 is 0 Å². The van der Waals surface area contributed by atoms with Crippen molar-refractivity contribution in [2.45, 2.75) is 56.3 Å². The zero-order chi connectivity index (χ0) is 18.3. The molecule has 3 nitrogen and oxygen atoms in total. The van der Waals surface area contributed by atoms with Crippen LogP contribution in [-0.4, -0.2) is 27.1 Å².